The molecular weight excluding hydrogens is 326 g/mol. The molecule has 0 radical (unpaired) electrons. The van der Waals surface area contributed by atoms with Gasteiger partial charge in [0.15, 0.2) is 0 Å². The van der Waals surface area contributed by atoms with Gasteiger partial charge in [-0.2, -0.15) is 0 Å². The molecule has 0 aliphatic carbocycles. The molecule has 0 fully saturated rings. The highest BCUT2D eigenvalue weighted by molar-refractivity contribution is 5.67. The van der Waals surface area contributed by atoms with E-state index in [1.165, 1.54) is 70.6 Å². The Morgan fingerprint density at radius 3 is 1.77 bits per heavy atom. The predicted molar refractivity (Wildman–Crippen MR) is 111 cm³/mol. The van der Waals surface area contributed by atoms with Crippen molar-refractivity contribution in [3.63, 3.8) is 0 Å². The fraction of sp³-hybridized carbons (Fsp3) is 0.955. The number of unbranched alkanes of at least 4 members (excludes halogenated alkanes) is 11. The average molecular weight is 372 g/mol. The van der Waals surface area contributed by atoms with Crippen molar-refractivity contribution in [1.29, 1.82) is 0 Å². The molecule has 0 heterocycles. The Labute approximate surface area is 162 Å². The second kappa shape index (κ2) is 20.5. The lowest BCUT2D eigenvalue weighted by molar-refractivity contribution is 0.0982. The first-order chi connectivity index (χ1) is 12.7. The van der Waals surface area contributed by atoms with Crippen molar-refractivity contribution in [2.45, 2.75) is 104 Å². The quantitative estimate of drug-likeness (QED) is 0.264. The van der Waals surface area contributed by atoms with Crippen LogP contribution in [0.2, 0.25) is 0 Å². The van der Waals surface area contributed by atoms with Gasteiger partial charge in [0, 0.05) is 26.2 Å². The normalized spacial score (nSPS) is 11.1. The Hall–Kier alpha value is -0.770. The van der Waals surface area contributed by atoms with E-state index in [2.05, 4.69) is 26.1 Å². The number of alkyl carbamates (subject to hydrolysis) is 1. The maximum Gasteiger partial charge on any atom is 0.407 e. The van der Waals surface area contributed by atoms with Crippen LogP contribution in [0.15, 0.2) is 0 Å². The monoisotopic (exact) mass is 371 g/mol. The molecule has 0 aromatic rings. The molecule has 0 aliphatic heterocycles. The third kappa shape index (κ3) is 21.3. The van der Waals surface area contributed by atoms with E-state index >= 15 is 0 Å². The number of hydrogen-bond acceptors (Lipinski definition) is 3. The van der Waals surface area contributed by atoms with E-state index in [0.717, 1.165) is 19.4 Å². The predicted octanol–water partition coefficient (Wildman–Crippen LogP) is 6.48. The van der Waals surface area contributed by atoms with E-state index in [0.29, 0.717) is 25.7 Å². The van der Waals surface area contributed by atoms with Gasteiger partial charge in [0.05, 0.1) is 6.61 Å². The van der Waals surface area contributed by atoms with Crippen molar-refractivity contribution >= 4 is 6.09 Å². The summed E-state index contributed by atoms with van der Waals surface area (Å²) in [7, 11) is 0. The van der Waals surface area contributed by atoms with E-state index in [1.807, 2.05) is 0 Å². The zero-order chi connectivity index (χ0) is 19.3. The summed E-state index contributed by atoms with van der Waals surface area (Å²) in [6.07, 6.45) is 16.8. The zero-order valence-corrected chi connectivity index (χ0v) is 17.8. The van der Waals surface area contributed by atoms with E-state index < -0.39 is 0 Å². The maximum atomic E-state index is 11.3. The smallest absolute Gasteiger partial charge is 0.407 e. The summed E-state index contributed by atoms with van der Waals surface area (Å²) in [6, 6.07) is 0. The fourth-order valence-corrected chi connectivity index (χ4v) is 2.81. The molecule has 0 aromatic carbocycles. The van der Waals surface area contributed by atoms with E-state index in [9.17, 15) is 4.79 Å². The molecule has 4 nitrogen and oxygen atoms in total. The van der Waals surface area contributed by atoms with Crippen LogP contribution in [0, 0.1) is 5.92 Å². The molecule has 4 heteroatoms. The number of ether oxygens (including phenoxy) is 2. The van der Waals surface area contributed by atoms with E-state index in [1.54, 1.807) is 0 Å². The standard InChI is InChI=1S/C22H45NO3/c1-4-5-6-7-8-9-10-11-12-13-14-15-17-25-18-16-19-26-22(24)23-20-21(2)3/h21H,4-20H2,1-3H3,(H,23,24). The molecule has 26 heavy (non-hydrogen) atoms. The van der Waals surface area contributed by atoms with Crippen LogP contribution in [0.4, 0.5) is 4.79 Å². The van der Waals surface area contributed by atoms with Crippen LogP contribution in [0.1, 0.15) is 104 Å². The second-order valence-corrected chi connectivity index (χ2v) is 7.77. The van der Waals surface area contributed by atoms with Crippen LogP contribution in [0.25, 0.3) is 0 Å². The van der Waals surface area contributed by atoms with Crippen LogP contribution in [-0.4, -0.2) is 32.5 Å². The molecule has 156 valence electrons. The molecule has 1 amide bonds. The molecule has 0 atom stereocenters. The summed E-state index contributed by atoms with van der Waals surface area (Å²) >= 11 is 0. The summed E-state index contributed by atoms with van der Waals surface area (Å²) < 4.78 is 10.7. The molecule has 1 N–H and O–H groups in total. The first-order valence-electron chi connectivity index (χ1n) is 11.1. The van der Waals surface area contributed by atoms with Gasteiger partial charge in [-0.1, -0.05) is 91.4 Å². The van der Waals surface area contributed by atoms with Gasteiger partial charge in [0.25, 0.3) is 0 Å². The van der Waals surface area contributed by atoms with Gasteiger partial charge in [0.1, 0.15) is 0 Å². The molecular formula is C22H45NO3. The summed E-state index contributed by atoms with van der Waals surface area (Å²) in [5, 5.41) is 2.73. The minimum absolute atomic E-state index is 0.320. The van der Waals surface area contributed by atoms with Gasteiger partial charge in [0.2, 0.25) is 0 Å². The molecule has 0 aliphatic rings. The summed E-state index contributed by atoms with van der Waals surface area (Å²) in [4.78, 5) is 11.3. The lowest BCUT2D eigenvalue weighted by atomic mass is 10.1. The third-order valence-electron chi connectivity index (χ3n) is 4.46. The van der Waals surface area contributed by atoms with Crippen LogP contribution in [0.3, 0.4) is 0 Å². The third-order valence-corrected chi connectivity index (χ3v) is 4.46. The minimum Gasteiger partial charge on any atom is -0.449 e. The number of hydrogen-bond donors (Lipinski definition) is 1. The van der Waals surface area contributed by atoms with E-state index in [-0.39, 0.29) is 6.09 Å². The lowest BCUT2D eigenvalue weighted by Crippen LogP contribution is -2.28. The van der Waals surface area contributed by atoms with Crippen LogP contribution in [-0.2, 0) is 9.47 Å². The largest absolute Gasteiger partial charge is 0.449 e. The lowest BCUT2D eigenvalue weighted by Gasteiger charge is -2.09. The molecule has 0 spiro atoms. The van der Waals surface area contributed by atoms with Crippen molar-refractivity contribution in [2.24, 2.45) is 5.92 Å². The fourth-order valence-electron chi connectivity index (χ4n) is 2.81. The molecule has 0 saturated heterocycles. The number of carbonyl (C=O) groups is 1. The molecule has 0 unspecified atom stereocenters. The number of rotatable bonds is 19. The van der Waals surface area contributed by atoms with Crippen LogP contribution >= 0.6 is 0 Å². The van der Waals surface area contributed by atoms with Crippen molar-refractivity contribution in [3.05, 3.63) is 0 Å². The Morgan fingerprint density at radius 1 is 0.731 bits per heavy atom. The van der Waals surface area contributed by atoms with E-state index in [4.69, 9.17) is 9.47 Å². The van der Waals surface area contributed by atoms with Crippen LogP contribution < -0.4 is 5.32 Å². The Bertz CT molecular complexity index is 295. The Kier molecular flexibility index (Phi) is 19.9. The first-order valence-corrected chi connectivity index (χ1v) is 11.1. The number of amides is 1. The molecule has 0 saturated carbocycles. The molecule has 0 bridgehead atoms. The SMILES string of the molecule is CCCCCCCCCCCCCCOCCCOC(=O)NCC(C)C. The first kappa shape index (κ1) is 25.2. The van der Waals surface area contributed by atoms with Crippen molar-refractivity contribution < 1.29 is 14.3 Å². The van der Waals surface area contributed by atoms with Gasteiger partial charge in [-0.3, -0.25) is 0 Å². The highest BCUT2D eigenvalue weighted by Crippen LogP contribution is 2.11. The average Bonchev–Trinajstić information content (AvgIpc) is 2.62. The minimum atomic E-state index is -0.320. The maximum absolute atomic E-state index is 11.3. The van der Waals surface area contributed by atoms with Gasteiger partial charge < -0.3 is 14.8 Å². The summed E-state index contributed by atoms with van der Waals surface area (Å²) in [6.45, 7) is 8.99. The van der Waals surface area contributed by atoms with Gasteiger partial charge >= 0.3 is 6.09 Å². The van der Waals surface area contributed by atoms with Crippen molar-refractivity contribution in [1.82, 2.24) is 5.32 Å². The molecule has 0 aromatic heterocycles. The highest BCUT2D eigenvalue weighted by Gasteiger charge is 2.02. The van der Waals surface area contributed by atoms with Gasteiger partial charge in [-0.25, -0.2) is 4.79 Å². The number of carbonyl (C=O) groups excluding carboxylic acids is 1. The van der Waals surface area contributed by atoms with Gasteiger partial charge in [-0.05, 0) is 12.3 Å². The topological polar surface area (TPSA) is 47.6 Å². The zero-order valence-electron chi connectivity index (χ0n) is 17.8. The number of nitrogens with one attached hydrogen (secondary N) is 1. The van der Waals surface area contributed by atoms with Crippen molar-refractivity contribution in [3.8, 4) is 0 Å². The van der Waals surface area contributed by atoms with Crippen molar-refractivity contribution in [2.75, 3.05) is 26.4 Å². The Morgan fingerprint density at radius 2 is 1.23 bits per heavy atom. The second-order valence-electron chi connectivity index (χ2n) is 7.77. The summed E-state index contributed by atoms with van der Waals surface area (Å²) in [5.41, 5.74) is 0. The van der Waals surface area contributed by atoms with Gasteiger partial charge in [-0.15, -0.1) is 0 Å². The Balaban J connectivity index is 3.08. The molecule has 0 rings (SSSR count). The highest BCUT2D eigenvalue weighted by atomic mass is 16.5. The summed E-state index contributed by atoms with van der Waals surface area (Å²) in [5.74, 6) is 0.446. The van der Waals surface area contributed by atoms with Crippen LogP contribution in [0.5, 0.6) is 0 Å².